The van der Waals surface area contributed by atoms with E-state index in [-0.39, 0.29) is 5.56 Å². The Hall–Kier alpha value is -2.43. The molecule has 5 heteroatoms. The zero-order valence-electron chi connectivity index (χ0n) is 12.8. The van der Waals surface area contributed by atoms with E-state index in [1.807, 2.05) is 43.3 Å². The van der Waals surface area contributed by atoms with Crippen LogP contribution in [0, 0.1) is 11.6 Å². The fraction of sp³-hybridized carbons (Fsp3) is 0.235. The van der Waals surface area contributed by atoms with Crippen molar-refractivity contribution < 1.29 is 13.6 Å². The predicted molar refractivity (Wildman–Crippen MR) is 82.9 cm³/mol. The molecule has 2 aromatic rings. The van der Waals surface area contributed by atoms with E-state index in [1.165, 1.54) is 11.0 Å². The zero-order valence-corrected chi connectivity index (χ0v) is 12.8. The number of nitrogens with zero attached hydrogens (tertiary/aromatic N) is 2. The van der Waals surface area contributed by atoms with Crippen LogP contribution in [0.3, 0.4) is 0 Å². The molecule has 0 aliphatic rings. The minimum absolute atomic E-state index is 0.131. The lowest BCUT2D eigenvalue weighted by Crippen LogP contribution is -2.27. The maximum Gasteiger partial charge on any atom is 0.256 e. The molecule has 0 radical (unpaired) electrons. The molecular weight excluding hydrogens is 286 g/mol. The molecule has 0 aliphatic carbocycles. The normalized spacial score (nSPS) is 10.4. The average Bonchev–Trinajstić information content (AvgIpc) is 2.47. The highest BCUT2D eigenvalue weighted by Crippen LogP contribution is 2.16. The Bertz CT molecular complexity index is 669. The molecule has 0 spiro atoms. The summed E-state index contributed by atoms with van der Waals surface area (Å²) in [4.78, 5) is 15.6. The Morgan fingerprint density at radius 3 is 2.18 bits per heavy atom. The van der Waals surface area contributed by atoms with Gasteiger partial charge in [-0.15, -0.1) is 0 Å². The minimum Gasteiger partial charge on any atom is -0.378 e. The van der Waals surface area contributed by atoms with Gasteiger partial charge in [0, 0.05) is 39.4 Å². The maximum atomic E-state index is 13.6. The number of hydrogen-bond donors (Lipinski definition) is 0. The highest BCUT2D eigenvalue weighted by molar-refractivity contribution is 5.94. The lowest BCUT2D eigenvalue weighted by molar-refractivity contribution is 0.0780. The molecule has 0 N–H and O–H groups in total. The summed E-state index contributed by atoms with van der Waals surface area (Å²) in [7, 11) is 5.48. The van der Waals surface area contributed by atoms with E-state index in [1.54, 1.807) is 7.05 Å². The number of benzene rings is 2. The number of amides is 1. The highest BCUT2D eigenvalue weighted by atomic mass is 19.1. The lowest BCUT2D eigenvalue weighted by atomic mass is 10.1. The Morgan fingerprint density at radius 2 is 1.64 bits per heavy atom. The first-order valence-corrected chi connectivity index (χ1v) is 6.85. The molecule has 0 bridgehead atoms. The maximum absolute atomic E-state index is 13.6. The number of carbonyl (C=O) groups excluding carboxylic acids is 1. The summed E-state index contributed by atoms with van der Waals surface area (Å²) in [5.74, 6) is -2.02. The second kappa shape index (κ2) is 6.56. The van der Waals surface area contributed by atoms with Crippen LogP contribution in [0.4, 0.5) is 14.5 Å². The van der Waals surface area contributed by atoms with E-state index in [2.05, 4.69) is 0 Å². The Kier molecular flexibility index (Phi) is 4.75. The molecule has 0 heterocycles. The monoisotopic (exact) mass is 304 g/mol. The second-order valence-corrected chi connectivity index (χ2v) is 5.35. The third kappa shape index (κ3) is 3.61. The number of carbonyl (C=O) groups is 1. The first kappa shape index (κ1) is 15.9. The van der Waals surface area contributed by atoms with Crippen LogP contribution in [-0.2, 0) is 6.54 Å². The minimum atomic E-state index is -0.847. The summed E-state index contributed by atoms with van der Waals surface area (Å²) in [5, 5.41) is 0. The summed E-state index contributed by atoms with van der Waals surface area (Å²) >= 11 is 0. The molecule has 1 amide bonds. The van der Waals surface area contributed by atoms with Crippen LogP contribution >= 0.6 is 0 Å². The Labute approximate surface area is 128 Å². The van der Waals surface area contributed by atoms with Crippen LogP contribution in [0.5, 0.6) is 0 Å². The van der Waals surface area contributed by atoms with E-state index >= 15 is 0 Å². The molecule has 0 atom stereocenters. The van der Waals surface area contributed by atoms with Gasteiger partial charge in [-0.2, -0.15) is 0 Å². The van der Waals surface area contributed by atoms with Gasteiger partial charge in [0.2, 0.25) is 0 Å². The van der Waals surface area contributed by atoms with Gasteiger partial charge >= 0.3 is 0 Å². The summed E-state index contributed by atoms with van der Waals surface area (Å²) in [5.41, 5.74) is 1.86. The second-order valence-electron chi connectivity index (χ2n) is 5.35. The average molecular weight is 304 g/mol. The van der Waals surface area contributed by atoms with Crippen molar-refractivity contribution in [1.82, 2.24) is 4.90 Å². The van der Waals surface area contributed by atoms with Crippen molar-refractivity contribution in [2.24, 2.45) is 0 Å². The molecule has 0 unspecified atom stereocenters. The van der Waals surface area contributed by atoms with Crippen LogP contribution in [0.25, 0.3) is 0 Å². The number of anilines is 1. The van der Waals surface area contributed by atoms with Gasteiger partial charge in [-0.05, 0) is 29.8 Å². The lowest BCUT2D eigenvalue weighted by Gasteiger charge is -2.19. The van der Waals surface area contributed by atoms with E-state index < -0.39 is 17.5 Å². The summed E-state index contributed by atoms with van der Waals surface area (Å²) in [6.45, 7) is 0.351. The van der Waals surface area contributed by atoms with Gasteiger partial charge in [0.15, 0.2) is 0 Å². The van der Waals surface area contributed by atoms with Gasteiger partial charge in [-0.3, -0.25) is 4.79 Å². The van der Waals surface area contributed by atoms with E-state index in [0.29, 0.717) is 12.6 Å². The molecule has 116 valence electrons. The van der Waals surface area contributed by atoms with Gasteiger partial charge in [0.05, 0.1) is 5.56 Å². The summed E-state index contributed by atoms with van der Waals surface area (Å²) < 4.78 is 26.5. The Morgan fingerprint density at radius 1 is 1.00 bits per heavy atom. The largest absolute Gasteiger partial charge is 0.378 e. The van der Waals surface area contributed by atoms with Gasteiger partial charge in [0.25, 0.3) is 5.91 Å². The van der Waals surface area contributed by atoms with Gasteiger partial charge in [-0.1, -0.05) is 12.1 Å². The van der Waals surface area contributed by atoms with Crippen molar-refractivity contribution in [1.29, 1.82) is 0 Å². The van der Waals surface area contributed by atoms with Crippen LogP contribution in [-0.4, -0.2) is 32.0 Å². The SMILES string of the molecule is CN(Cc1ccc(N(C)C)cc1)C(=O)c1ccc(F)cc1F. The predicted octanol–water partition coefficient (Wildman–Crippen LogP) is 3.30. The van der Waals surface area contributed by atoms with E-state index in [4.69, 9.17) is 0 Å². The molecule has 0 aliphatic heterocycles. The van der Waals surface area contributed by atoms with Crippen molar-refractivity contribution in [3.8, 4) is 0 Å². The van der Waals surface area contributed by atoms with Gasteiger partial charge in [0.1, 0.15) is 11.6 Å². The van der Waals surface area contributed by atoms with Crippen LogP contribution in [0.2, 0.25) is 0 Å². The van der Waals surface area contributed by atoms with Crippen LogP contribution in [0.15, 0.2) is 42.5 Å². The van der Waals surface area contributed by atoms with Crippen molar-refractivity contribution in [3.05, 3.63) is 65.2 Å². The topological polar surface area (TPSA) is 23.6 Å². The molecule has 22 heavy (non-hydrogen) atoms. The molecule has 2 aromatic carbocycles. The molecule has 3 nitrogen and oxygen atoms in total. The van der Waals surface area contributed by atoms with Crippen LogP contribution < -0.4 is 4.90 Å². The van der Waals surface area contributed by atoms with Crippen molar-refractivity contribution in [2.45, 2.75) is 6.54 Å². The molecule has 0 fully saturated rings. The third-order valence-electron chi connectivity index (χ3n) is 3.38. The van der Waals surface area contributed by atoms with E-state index in [9.17, 15) is 13.6 Å². The van der Waals surface area contributed by atoms with Crippen molar-refractivity contribution in [3.63, 3.8) is 0 Å². The van der Waals surface area contributed by atoms with Gasteiger partial charge < -0.3 is 9.80 Å². The molecular formula is C17H18F2N2O. The highest BCUT2D eigenvalue weighted by Gasteiger charge is 2.17. The molecule has 0 aromatic heterocycles. The zero-order chi connectivity index (χ0) is 16.3. The fourth-order valence-electron chi connectivity index (χ4n) is 2.11. The third-order valence-corrected chi connectivity index (χ3v) is 3.38. The van der Waals surface area contributed by atoms with Crippen LogP contribution in [0.1, 0.15) is 15.9 Å². The molecule has 0 saturated heterocycles. The van der Waals surface area contributed by atoms with Gasteiger partial charge in [-0.25, -0.2) is 8.78 Å². The van der Waals surface area contributed by atoms with E-state index in [0.717, 1.165) is 17.3 Å². The number of hydrogen-bond acceptors (Lipinski definition) is 2. The fourth-order valence-corrected chi connectivity index (χ4v) is 2.11. The first-order valence-electron chi connectivity index (χ1n) is 6.85. The number of halogens is 2. The summed E-state index contributed by atoms with van der Waals surface area (Å²) in [6.07, 6.45) is 0. The standard InChI is InChI=1S/C17H18F2N2O/c1-20(2)14-7-4-12(5-8-14)11-21(3)17(22)15-9-6-13(18)10-16(15)19/h4-10H,11H2,1-3H3. The number of rotatable bonds is 4. The smallest absolute Gasteiger partial charge is 0.256 e. The first-order chi connectivity index (χ1) is 10.4. The molecule has 0 saturated carbocycles. The van der Waals surface area contributed by atoms with Crippen molar-refractivity contribution >= 4 is 11.6 Å². The quantitative estimate of drug-likeness (QED) is 0.865. The molecule has 2 rings (SSSR count). The van der Waals surface area contributed by atoms with Crippen molar-refractivity contribution in [2.75, 3.05) is 26.0 Å². The Balaban J connectivity index is 2.11. The summed E-state index contributed by atoms with van der Waals surface area (Å²) in [6, 6.07) is 10.7.